The van der Waals surface area contributed by atoms with E-state index in [0.717, 1.165) is 45.8 Å². The molecule has 4 heterocycles. The number of fused-ring (bicyclic) bond motifs is 1. The molecule has 226 valence electrons. The number of amides is 1. The van der Waals surface area contributed by atoms with Crippen LogP contribution in [0.15, 0.2) is 61.1 Å². The Labute approximate surface area is 253 Å². The molecule has 2 aliphatic carbocycles. The number of para-hydroxylation sites is 1. The van der Waals surface area contributed by atoms with Gasteiger partial charge in [0.05, 0.1) is 24.0 Å². The molecule has 0 spiro atoms. The van der Waals surface area contributed by atoms with Gasteiger partial charge in [0.1, 0.15) is 17.2 Å². The molecule has 0 unspecified atom stereocenters. The minimum absolute atomic E-state index is 0.0822. The molecule has 0 bridgehead atoms. The largest absolute Gasteiger partial charge is 0.368 e. The summed E-state index contributed by atoms with van der Waals surface area (Å²) in [5.74, 6) is 2.79. The second kappa shape index (κ2) is 11.4. The van der Waals surface area contributed by atoms with Crippen LogP contribution in [0.2, 0.25) is 0 Å². The number of H-pyrrole nitrogens is 1. The van der Waals surface area contributed by atoms with Crippen LogP contribution < -0.4 is 10.6 Å². The summed E-state index contributed by atoms with van der Waals surface area (Å²) in [7, 11) is 1.60. The summed E-state index contributed by atoms with van der Waals surface area (Å²) in [5.41, 5.74) is 1.89. The number of hydrogen-bond donors (Lipinski definition) is 3. The van der Waals surface area contributed by atoms with Crippen LogP contribution in [0.4, 0.5) is 16.0 Å². The average molecular weight is 596 g/mol. The summed E-state index contributed by atoms with van der Waals surface area (Å²) in [6, 6.07) is 13.3. The van der Waals surface area contributed by atoms with E-state index >= 15 is 0 Å². The van der Waals surface area contributed by atoms with Gasteiger partial charge in [-0.3, -0.25) is 9.89 Å². The van der Waals surface area contributed by atoms with Crippen molar-refractivity contribution < 1.29 is 13.9 Å². The smallest absolute Gasteiger partial charge is 0.252 e. The minimum atomic E-state index is -0.948. The third-order valence-corrected chi connectivity index (χ3v) is 8.85. The van der Waals surface area contributed by atoms with Crippen LogP contribution in [-0.2, 0) is 9.53 Å². The second-order valence-electron chi connectivity index (χ2n) is 11.8. The second-order valence-corrected chi connectivity index (χ2v) is 11.8. The van der Waals surface area contributed by atoms with E-state index in [1.807, 2.05) is 37.3 Å². The summed E-state index contributed by atoms with van der Waals surface area (Å²) in [4.78, 5) is 27.9. The van der Waals surface area contributed by atoms with E-state index in [4.69, 9.17) is 14.7 Å². The number of methoxy groups -OCH3 is 1. The zero-order chi connectivity index (χ0) is 30.3. The molecule has 1 amide bonds. The number of nitrogens with zero attached hydrogens (tertiary/aromatic N) is 6. The Hall–Kier alpha value is -4.71. The molecule has 1 aromatic carbocycles. The van der Waals surface area contributed by atoms with E-state index in [9.17, 15) is 9.18 Å². The van der Waals surface area contributed by atoms with Crippen molar-refractivity contribution in [1.29, 1.82) is 0 Å². The van der Waals surface area contributed by atoms with Crippen molar-refractivity contribution in [3.05, 3.63) is 84.0 Å². The molecule has 7 rings (SSSR count). The average Bonchev–Trinajstić information content (AvgIpc) is 3.65. The first-order chi connectivity index (χ1) is 21.4. The zero-order valence-electron chi connectivity index (χ0n) is 24.6. The summed E-state index contributed by atoms with van der Waals surface area (Å²) in [6.45, 7) is 1.90. The number of carbonyl (C=O) groups is 1. The van der Waals surface area contributed by atoms with E-state index in [0.29, 0.717) is 37.4 Å². The van der Waals surface area contributed by atoms with E-state index in [1.54, 1.807) is 19.4 Å². The van der Waals surface area contributed by atoms with Gasteiger partial charge in [0, 0.05) is 42.3 Å². The Kier molecular flexibility index (Phi) is 7.29. The van der Waals surface area contributed by atoms with Gasteiger partial charge in [-0.15, -0.1) is 0 Å². The fraction of sp³-hybridized carbons (Fsp3) is 0.375. The first kappa shape index (κ1) is 28.1. The van der Waals surface area contributed by atoms with Gasteiger partial charge in [-0.25, -0.2) is 24.0 Å². The number of hydrogen-bond acceptors (Lipinski definition) is 8. The van der Waals surface area contributed by atoms with E-state index in [-0.39, 0.29) is 17.9 Å². The molecule has 1 atom stereocenters. The van der Waals surface area contributed by atoms with Gasteiger partial charge < -0.3 is 15.4 Å². The normalized spacial score (nSPS) is 20.8. The van der Waals surface area contributed by atoms with Gasteiger partial charge in [0.15, 0.2) is 17.5 Å². The highest BCUT2D eigenvalue weighted by Crippen LogP contribution is 2.41. The molecule has 5 aromatic rings. The third kappa shape index (κ3) is 5.52. The van der Waals surface area contributed by atoms with Crippen molar-refractivity contribution in [2.45, 2.75) is 68.9 Å². The summed E-state index contributed by atoms with van der Waals surface area (Å²) in [6.07, 6.45) is 8.94. The number of benzene rings is 1. The number of ether oxygens (including phenoxy) is 1. The molecule has 3 N–H and O–H groups in total. The Morgan fingerprint density at radius 3 is 2.61 bits per heavy atom. The number of anilines is 2. The minimum Gasteiger partial charge on any atom is -0.368 e. The summed E-state index contributed by atoms with van der Waals surface area (Å²) >= 11 is 0. The molecule has 44 heavy (non-hydrogen) atoms. The molecule has 2 saturated carbocycles. The van der Waals surface area contributed by atoms with E-state index < -0.39 is 11.4 Å². The van der Waals surface area contributed by atoms with Crippen LogP contribution in [0.5, 0.6) is 0 Å². The first-order valence-corrected chi connectivity index (χ1v) is 15.0. The fourth-order valence-corrected chi connectivity index (χ4v) is 5.99. The van der Waals surface area contributed by atoms with Crippen molar-refractivity contribution in [1.82, 2.24) is 40.2 Å². The lowest BCUT2D eigenvalue weighted by atomic mass is 9.77. The van der Waals surface area contributed by atoms with Crippen molar-refractivity contribution in [2.24, 2.45) is 0 Å². The van der Waals surface area contributed by atoms with Crippen molar-refractivity contribution in [3.63, 3.8) is 0 Å². The monoisotopic (exact) mass is 595 g/mol. The molecule has 2 aliphatic rings. The highest BCUT2D eigenvalue weighted by atomic mass is 19.1. The molecule has 0 saturated heterocycles. The number of carbonyl (C=O) groups excluding carboxylic acids is 1. The molecule has 0 radical (unpaired) electrons. The lowest BCUT2D eigenvalue weighted by Gasteiger charge is -2.38. The maximum atomic E-state index is 13.6. The number of halogens is 1. The lowest BCUT2D eigenvalue weighted by Crippen LogP contribution is -2.50. The topological polar surface area (TPSA) is 136 Å². The summed E-state index contributed by atoms with van der Waals surface area (Å²) < 4.78 is 20.6. The molecule has 11 nitrogen and oxygen atoms in total. The molecule has 2 fully saturated rings. The standard InChI is InChI=1S/C32H34FN9O2/c1-19(22-9-10-28(34-16-22)42-18-23(33)17-35-42)36-31(43)32(44-2)13-11-21(12-14-32)29-37-25-6-4-3-5-24(25)30(39-29)38-27-15-26(40-41-27)20-7-8-20/h3-6,9-10,15-21H,7-8,11-14H2,1-2H3,(H,36,43)(H2,37,38,39,40,41)/t19-,21?,32?/m0/s1. The fourth-order valence-electron chi connectivity index (χ4n) is 5.99. The highest BCUT2D eigenvalue weighted by molar-refractivity contribution is 5.90. The molecular formula is C32H34FN9O2. The van der Waals surface area contributed by atoms with Crippen LogP contribution in [0.25, 0.3) is 16.7 Å². The van der Waals surface area contributed by atoms with Crippen molar-refractivity contribution in [3.8, 4) is 5.82 Å². The lowest BCUT2D eigenvalue weighted by molar-refractivity contribution is -0.148. The van der Waals surface area contributed by atoms with Crippen LogP contribution in [0.3, 0.4) is 0 Å². The third-order valence-electron chi connectivity index (χ3n) is 8.85. The predicted molar refractivity (Wildman–Crippen MR) is 162 cm³/mol. The zero-order valence-corrected chi connectivity index (χ0v) is 24.6. The van der Waals surface area contributed by atoms with Crippen molar-refractivity contribution in [2.75, 3.05) is 12.4 Å². The Bertz CT molecular complexity index is 1790. The number of aromatic amines is 1. The van der Waals surface area contributed by atoms with Crippen LogP contribution in [0, 0.1) is 5.82 Å². The Balaban J connectivity index is 1.04. The van der Waals surface area contributed by atoms with Crippen molar-refractivity contribution >= 4 is 28.4 Å². The maximum absolute atomic E-state index is 13.6. The van der Waals surface area contributed by atoms with Gasteiger partial charge in [-0.05, 0) is 69.2 Å². The van der Waals surface area contributed by atoms with Gasteiger partial charge in [0.2, 0.25) is 0 Å². The molecule has 12 heteroatoms. The maximum Gasteiger partial charge on any atom is 0.252 e. The SMILES string of the molecule is COC1(C(=O)N[C@@H](C)c2ccc(-n3cc(F)cn3)nc2)CCC(c2nc(Nc3cc(C4CC4)[nH]n3)c3ccccc3n2)CC1. The number of pyridine rings is 1. The van der Waals surface area contributed by atoms with Crippen LogP contribution in [0.1, 0.15) is 80.4 Å². The van der Waals surface area contributed by atoms with E-state index in [2.05, 4.69) is 37.0 Å². The number of rotatable bonds is 9. The van der Waals surface area contributed by atoms with E-state index in [1.165, 1.54) is 23.7 Å². The number of aromatic nitrogens is 7. The van der Waals surface area contributed by atoms with Crippen LogP contribution in [-0.4, -0.2) is 53.5 Å². The number of nitrogens with one attached hydrogen (secondary N) is 3. The quantitative estimate of drug-likeness (QED) is 0.200. The van der Waals surface area contributed by atoms with Gasteiger partial charge in [-0.1, -0.05) is 18.2 Å². The van der Waals surface area contributed by atoms with Gasteiger partial charge in [0.25, 0.3) is 5.91 Å². The first-order valence-electron chi connectivity index (χ1n) is 15.0. The van der Waals surface area contributed by atoms with Gasteiger partial charge in [-0.2, -0.15) is 10.2 Å². The molecular weight excluding hydrogens is 561 g/mol. The highest BCUT2D eigenvalue weighted by Gasteiger charge is 2.43. The molecule has 0 aliphatic heterocycles. The van der Waals surface area contributed by atoms with Crippen LogP contribution >= 0.6 is 0 Å². The van der Waals surface area contributed by atoms with Gasteiger partial charge >= 0.3 is 0 Å². The summed E-state index contributed by atoms with van der Waals surface area (Å²) in [5, 5.41) is 19.0. The predicted octanol–water partition coefficient (Wildman–Crippen LogP) is 5.61. The molecule has 4 aromatic heterocycles. The Morgan fingerprint density at radius 1 is 1.09 bits per heavy atom. The Morgan fingerprint density at radius 2 is 1.91 bits per heavy atom.